The first-order valence-corrected chi connectivity index (χ1v) is 4.84. The van der Waals surface area contributed by atoms with Crippen LogP contribution in [-0.2, 0) is 9.47 Å². The molecule has 4 heteroatoms. The average molecular weight is 215 g/mol. The number of hydrogen-bond donors (Lipinski definition) is 0. The highest BCUT2D eigenvalue weighted by atomic mass is 35.5. The Morgan fingerprint density at radius 2 is 2.14 bits per heavy atom. The van der Waals surface area contributed by atoms with Gasteiger partial charge in [-0.25, -0.2) is 0 Å². The van der Waals surface area contributed by atoms with Crippen molar-refractivity contribution in [3.8, 4) is 5.75 Å². The van der Waals surface area contributed by atoms with Crippen LogP contribution in [0.1, 0.15) is 0 Å². The standard InChI is InChI=1S/C10H11ClO3/c11-8-2-1-3-9(6-8)14-7-10-12-4-5-13-10/h1-3,6,10H,4-5,7H2. The van der Waals surface area contributed by atoms with Crippen molar-refractivity contribution in [2.75, 3.05) is 19.8 Å². The highest BCUT2D eigenvalue weighted by Crippen LogP contribution is 2.17. The second-order valence-corrected chi connectivity index (χ2v) is 3.38. The minimum atomic E-state index is -0.242. The maximum atomic E-state index is 5.80. The molecule has 0 atom stereocenters. The summed E-state index contributed by atoms with van der Waals surface area (Å²) < 4.78 is 15.9. The maximum absolute atomic E-state index is 5.80. The number of ether oxygens (including phenoxy) is 3. The fourth-order valence-electron chi connectivity index (χ4n) is 1.22. The number of rotatable bonds is 3. The summed E-state index contributed by atoms with van der Waals surface area (Å²) in [4.78, 5) is 0. The van der Waals surface area contributed by atoms with Crippen molar-refractivity contribution >= 4 is 11.6 Å². The van der Waals surface area contributed by atoms with Crippen molar-refractivity contribution in [2.24, 2.45) is 0 Å². The quantitative estimate of drug-likeness (QED) is 0.771. The summed E-state index contributed by atoms with van der Waals surface area (Å²) in [6.45, 7) is 1.69. The second kappa shape index (κ2) is 4.64. The van der Waals surface area contributed by atoms with Gasteiger partial charge in [-0.2, -0.15) is 0 Å². The van der Waals surface area contributed by atoms with Crippen LogP contribution in [0.15, 0.2) is 24.3 Å². The summed E-state index contributed by atoms with van der Waals surface area (Å²) in [7, 11) is 0. The van der Waals surface area contributed by atoms with E-state index in [2.05, 4.69) is 0 Å². The molecule has 0 aliphatic carbocycles. The normalized spacial score (nSPS) is 17.2. The molecule has 0 bridgehead atoms. The van der Waals surface area contributed by atoms with Gasteiger partial charge in [0.25, 0.3) is 0 Å². The zero-order chi connectivity index (χ0) is 9.80. The molecule has 1 fully saturated rings. The van der Waals surface area contributed by atoms with Gasteiger partial charge >= 0.3 is 0 Å². The first kappa shape index (κ1) is 9.77. The Kier molecular flexibility index (Phi) is 3.24. The molecule has 3 nitrogen and oxygen atoms in total. The summed E-state index contributed by atoms with van der Waals surface area (Å²) in [5.41, 5.74) is 0. The molecule has 0 aromatic heterocycles. The first-order valence-electron chi connectivity index (χ1n) is 4.46. The monoisotopic (exact) mass is 214 g/mol. The minimum absolute atomic E-state index is 0.242. The van der Waals surface area contributed by atoms with Gasteiger partial charge in [0.15, 0.2) is 6.29 Å². The van der Waals surface area contributed by atoms with Crippen molar-refractivity contribution in [3.05, 3.63) is 29.3 Å². The smallest absolute Gasteiger partial charge is 0.191 e. The van der Waals surface area contributed by atoms with E-state index >= 15 is 0 Å². The Morgan fingerprint density at radius 3 is 2.86 bits per heavy atom. The highest BCUT2D eigenvalue weighted by molar-refractivity contribution is 6.30. The molecule has 1 saturated heterocycles. The molecule has 2 rings (SSSR count). The van der Waals surface area contributed by atoms with Crippen LogP contribution in [0.4, 0.5) is 0 Å². The maximum Gasteiger partial charge on any atom is 0.191 e. The molecule has 14 heavy (non-hydrogen) atoms. The van der Waals surface area contributed by atoms with Crippen molar-refractivity contribution in [1.29, 1.82) is 0 Å². The summed E-state index contributed by atoms with van der Waals surface area (Å²) in [6, 6.07) is 7.25. The molecule has 1 aliphatic rings. The van der Waals surface area contributed by atoms with Crippen molar-refractivity contribution < 1.29 is 14.2 Å². The Bertz CT molecular complexity index is 297. The Hall–Kier alpha value is -0.770. The summed E-state index contributed by atoms with van der Waals surface area (Å²) >= 11 is 5.80. The van der Waals surface area contributed by atoms with Crippen LogP contribution in [0, 0.1) is 0 Å². The van der Waals surface area contributed by atoms with E-state index in [4.69, 9.17) is 25.8 Å². The van der Waals surface area contributed by atoms with Gasteiger partial charge in [0.05, 0.1) is 13.2 Å². The fraction of sp³-hybridized carbons (Fsp3) is 0.400. The zero-order valence-corrected chi connectivity index (χ0v) is 8.37. The third kappa shape index (κ3) is 2.61. The number of hydrogen-bond acceptors (Lipinski definition) is 3. The average Bonchev–Trinajstić information content (AvgIpc) is 2.67. The minimum Gasteiger partial charge on any atom is -0.488 e. The molecule has 1 heterocycles. The van der Waals surface area contributed by atoms with Gasteiger partial charge in [0.2, 0.25) is 0 Å². The molecular formula is C10H11ClO3. The van der Waals surface area contributed by atoms with E-state index in [0.29, 0.717) is 24.8 Å². The van der Waals surface area contributed by atoms with Gasteiger partial charge < -0.3 is 14.2 Å². The summed E-state index contributed by atoms with van der Waals surface area (Å²) in [5, 5.41) is 0.663. The van der Waals surface area contributed by atoms with Crippen molar-refractivity contribution in [1.82, 2.24) is 0 Å². The molecule has 0 saturated carbocycles. The van der Waals surface area contributed by atoms with E-state index in [1.807, 2.05) is 12.1 Å². The number of halogens is 1. The van der Waals surface area contributed by atoms with E-state index < -0.39 is 0 Å². The molecule has 1 aliphatic heterocycles. The third-order valence-corrected chi connectivity index (χ3v) is 2.11. The molecule has 0 N–H and O–H groups in total. The topological polar surface area (TPSA) is 27.7 Å². The van der Waals surface area contributed by atoms with Gasteiger partial charge in [-0.05, 0) is 18.2 Å². The molecule has 76 valence electrons. The SMILES string of the molecule is Clc1cccc(OCC2OCCO2)c1. The van der Waals surface area contributed by atoms with Crippen molar-refractivity contribution in [2.45, 2.75) is 6.29 Å². The molecule has 0 spiro atoms. The van der Waals surface area contributed by atoms with Gasteiger partial charge in [-0.1, -0.05) is 17.7 Å². The predicted octanol–water partition coefficient (Wildman–Crippen LogP) is 2.09. The number of benzene rings is 1. The molecule has 0 radical (unpaired) electrons. The van der Waals surface area contributed by atoms with Gasteiger partial charge in [-0.3, -0.25) is 0 Å². The third-order valence-electron chi connectivity index (χ3n) is 1.87. The van der Waals surface area contributed by atoms with Crippen LogP contribution >= 0.6 is 11.6 Å². The molecule has 0 unspecified atom stereocenters. The first-order chi connectivity index (χ1) is 6.84. The van der Waals surface area contributed by atoms with Crippen LogP contribution in [0.2, 0.25) is 5.02 Å². The largest absolute Gasteiger partial charge is 0.488 e. The van der Waals surface area contributed by atoms with Gasteiger partial charge in [0.1, 0.15) is 12.4 Å². The van der Waals surface area contributed by atoms with E-state index in [0.717, 1.165) is 5.75 Å². The van der Waals surface area contributed by atoms with E-state index in [-0.39, 0.29) is 6.29 Å². The van der Waals surface area contributed by atoms with Crippen molar-refractivity contribution in [3.63, 3.8) is 0 Å². The second-order valence-electron chi connectivity index (χ2n) is 2.94. The molecule has 0 amide bonds. The fourth-order valence-corrected chi connectivity index (χ4v) is 1.40. The summed E-state index contributed by atoms with van der Waals surface area (Å²) in [6.07, 6.45) is -0.242. The predicted molar refractivity (Wildman–Crippen MR) is 52.6 cm³/mol. The lowest BCUT2D eigenvalue weighted by atomic mass is 10.3. The highest BCUT2D eigenvalue weighted by Gasteiger charge is 2.16. The lowest BCUT2D eigenvalue weighted by Gasteiger charge is -2.10. The van der Waals surface area contributed by atoms with Crippen LogP contribution < -0.4 is 4.74 Å². The van der Waals surface area contributed by atoms with Gasteiger partial charge in [0, 0.05) is 5.02 Å². The molecule has 1 aromatic carbocycles. The van der Waals surface area contributed by atoms with Crippen LogP contribution in [0.5, 0.6) is 5.75 Å². The van der Waals surface area contributed by atoms with Crippen LogP contribution in [0.25, 0.3) is 0 Å². The Labute approximate surface area is 87.5 Å². The van der Waals surface area contributed by atoms with Gasteiger partial charge in [-0.15, -0.1) is 0 Å². The Morgan fingerprint density at radius 1 is 1.36 bits per heavy atom. The van der Waals surface area contributed by atoms with E-state index in [1.54, 1.807) is 12.1 Å². The van der Waals surface area contributed by atoms with Crippen LogP contribution in [-0.4, -0.2) is 26.1 Å². The molecule has 1 aromatic rings. The van der Waals surface area contributed by atoms with E-state index in [9.17, 15) is 0 Å². The lowest BCUT2D eigenvalue weighted by Crippen LogP contribution is -2.18. The molecular weight excluding hydrogens is 204 g/mol. The van der Waals surface area contributed by atoms with E-state index in [1.165, 1.54) is 0 Å². The zero-order valence-electron chi connectivity index (χ0n) is 7.61. The Balaban J connectivity index is 1.85. The lowest BCUT2D eigenvalue weighted by molar-refractivity contribution is -0.0684. The summed E-state index contributed by atoms with van der Waals surface area (Å²) in [5.74, 6) is 0.733. The van der Waals surface area contributed by atoms with Crippen LogP contribution in [0.3, 0.4) is 0 Å².